The third-order valence-electron chi connectivity index (χ3n) is 6.89. The number of unbranched alkanes of at least 4 members (excludes halogenated alkanes) is 14. The summed E-state index contributed by atoms with van der Waals surface area (Å²) in [6, 6.07) is -0.669. The van der Waals surface area contributed by atoms with Crippen molar-refractivity contribution < 1.29 is 24.1 Å². The molecule has 0 aliphatic rings. The fraction of sp³-hybridized carbons (Fsp3) is 0.867. The first-order chi connectivity index (χ1) is 18.2. The lowest BCUT2D eigenvalue weighted by atomic mass is 10.0. The Hall–Kier alpha value is -1.17. The number of nitrogens with one attached hydrogen (secondary N) is 1. The summed E-state index contributed by atoms with van der Waals surface area (Å²) in [7, 11) is 1.21. The van der Waals surface area contributed by atoms with Crippen LogP contribution in [0.5, 0.6) is 0 Å². The zero-order chi connectivity index (χ0) is 28.6. The zero-order valence-electron chi connectivity index (χ0n) is 24.9. The van der Waals surface area contributed by atoms with Gasteiger partial charge in [-0.1, -0.05) is 104 Å². The first-order valence-corrected chi connectivity index (χ1v) is 16.5. The van der Waals surface area contributed by atoms with Crippen LogP contribution in [0, 0.1) is 0 Å². The molecular weight excluding hydrogens is 499 g/mol. The van der Waals surface area contributed by atoms with Crippen LogP contribution < -0.4 is 5.32 Å². The van der Waals surface area contributed by atoms with Crippen molar-refractivity contribution in [2.75, 3.05) is 20.6 Å². The molecule has 222 valence electrons. The molecule has 0 radical (unpaired) electrons. The van der Waals surface area contributed by atoms with Crippen LogP contribution >= 0.6 is 8.15 Å². The zero-order valence-corrected chi connectivity index (χ0v) is 25.8. The van der Waals surface area contributed by atoms with Gasteiger partial charge in [-0.2, -0.15) is 0 Å². The van der Waals surface area contributed by atoms with Crippen LogP contribution in [0.25, 0.3) is 0 Å². The van der Waals surface area contributed by atoms with Crippen molar-refractivity contribution in [3.8, 4) is 0 Å². The van der Waals surface area contributed by atoms with Crippen LogP contribution in [0.3, 0.4) is 0 Å². The Morgan fingerprint density at radius 1 is 0.684 bits per heavy atom. The van der Waals surface area contributed by atoms with Gasteiger partial charge in [0.2, 0.25) is 5.91 Å². The number of nitrogens with zero attached hydrogens (tertiary/aromatic N) is 1. The van der Waals surface area contributed by atoms with Crippen LogP contribution in [0.15, 0.2) is 0 Å². The number of amides is 1. The molecule has 2 unspecified atom stereocenters. The van der Waals surface area contributed by atoms with E-state index in [4.69, 9.17) is 0 Å². The Balaban J connectivity index is 4.09. The van der Waals surface area contributed by atoms with Gasteiger partial charge in [-0.05, 0) is 20.5 Å². The highest BCUT2D eigenvalue weighted by Crippen LogP contribution is 2.35. The lowest BCUT2D eigenvalue weighted by Crippen LogP contribution is -2.37. The van der Waals surface area contributed by atoms with Gasteiger partial charge in [-0.3, -0.25) is 19.2 Å². The quantitative estimate of drug-likeness (QED) is 0.0844. The topological polar surface area (TPSA) is 104 Å². The minimum atomic E-state index is -2.42. The number of ketones is 1. The average molecular weight is 557 g/mol. The van der Waals surface area contributed by atoms with Gasteiger partial charge < -0.3 is 15.1 Å². The van der Waals surface area contributed by atoms with Crippen molar-refractivity contribution in [3.05, 3.63) is 0 Å². The first-order valence-electron chi connectivity index (χ1n) is 15.2. The molecular formula is C30H57N2O5P. The summed E-state index contributed by atoms with van der Waals surface area (Å²) in [5.74, 6) is -0.237. The van der Waals surface area contributed by atoms with E-state index in [1.807, 2.05) is 19.0 Å². The van der Waals surface area contributed by atoms with Crippen LogP contribution in [0.4, 0.5) is 0 Å². The molecule has 38 heavy (non-hydrogen) atoms. The Bertz CT molecular complexity index is 657. The van der Waals surface area contributed by atoms with E-state index < -0.39 is 25.2 Å². The standard InChI is InChI=1S/C30H57N2O5P/c1-5-7-8-9-10-11-12-13-14-15-16-17-18-19-20-21-27(33)24-26(31-28(34)6-2)25-30(36)38(37)29(35)22-23-32(3)4/h26,37H,5-25H2,1-4H3,(H,31,34). The van der Waals surface area contributed by atoms with Gasteiger partial charge in [0.15, 0.2) is 19.2 Å². The Morgan fingerprint density at radius 2 is 1.16 bits per heavy atom. The Labute approximate surface area is 234 Å². The van der Waals surface area contributed by atoms with Crippen molar-refractivity contribution in [2.24, 2.45) is 0 Å². The molecule has 0 aliphatic carbocycles. The van der Waals surface area contributed by atoms with E-state index in [0.717, 1.165) is 19.3 Å². The van der Waals surface area contributed by atoms with Crippen molar-refractivity contribution in [2.45, 2.75) is 148 Å². The Kier molecular flexibility index (Phi) is 24.1. The largest absolute Gasteiger partial charge is 0.360 e. The van der Waals surface area contributed by atoms with Gasteiger partial charge in [-0.25, -0.2) is 0 Å². The van der Waals surface area contributed by atoms with Crippen molar-refractivity contribution in [3.63, 3.8) is 0 Å². The van der Waals surface area contributed by atoms with Crippen LogP contribution in [-0.4, -0.2) is 59.2 Å². The molecule has 0 aromatic rings. The van der Waals surface area contributed by atoms with Gasteiger partial charge in [0.05, 0.1) is 0 Å². The van der Waals surface area contributed by atoms with Crippen molar-refractivity contribution in [1.29, 1.82) is 0 Å². The van der Waals surface area contributed by atoms with E-state index in [2.05, 4.69) is 12.2 Å². The van der Waals surface area contributed by atoms with Gasteiger partial charge >= 0.3 is 0 Å². The van der Waals surface area contributed by atoms with E-state index in [-0.39, 0.29) is 37.4 Å². The maximum Gasteiger partial charge on any atom is 0.219 e. The SMILES string of the molecule is CCCCCCCCCCCCCCCCCC(=O)CC(CC(=O)P(O)C(=O)CCN(C)C)NC(=O)CC. The number of carbonyl (C=O) groups excluding carboxylic acids is 4. The molecule has 2 N–H and O–H groups in total. The summed E-state index contributed by atoms with van der Waals surface area (Å²) in [6.45, 7) is 4.42. The molecule has 0 aromatic carbocycles. The van der Waals surface area contributed by atoms with Crippen LogP contribution in [0.1, 0.15) is 142 Å². The summed E-state index contributed by atoms with van der Waals surface area (Å²) in [5, 5.41) is 2.73. The molecule has 0 aliphatic heterocycles. The number of hydrogen-bond acceptors (Lipinski definition) is 6. The van der Waals surface area contributed by atoms with E-state index in [1.54, 1.807) is 6.92 Å². The summed E-state index contributed by atoms with van der Waals surface area (Å²) in [5.41, 5.74) is -1.05. The van der Waals surface area contributed by atoms with E-state index in [0.29, 0.717) is 13.0 Å². The third-order valence-corrected chi connectivity index (χ3v) is 8.24. The van der Waals surface area contributed by atoms with E-state index >= 15 is 0 Å². The minimum Gasteiger partial charge on any atom is -0.360 e. The maximum atomic E-state index is 12.5. The monoisotopic (exact) mass is 556 g/mol. The lowest BCUT2D eigenvalue weighted by molar-refractivity contribution is -0.123. The molecule has 2 atom stereocenters. The van der Waals surface area contributed by atoms with Gasteiger partial charge in [0.1, 0.15) is 5.78 Å². The summed E-state index contributed by atoms with van der Waals surface area (Å²) >= 11 is 0. The minimum absolute atomic E-state index is 0.00935. The molecule has 0 heterocycles. The predicted molar refractivity (Wildman–Crippen MR) is 158 cm³/mol. The number of hydrogen-bond donors (Lipinski definition) is 2. The summed E-state index contributed by atoms with van der Waals surface area (Å²) < 4.78 is 0. The maximum absolute atomic E-state index is 12.5. The van der Waals surface area contributed by atoms with Gasteiger partial charge in [0, 0.05) is 44.7 Å². The molecule has 1 amide bonds. The van der Waals surface area contributed by atoms with Crippen LogP contribution in [0.2, 0.25) is 0 Å². The molecule has 7 nitrogen and oxygen atoms in total. The summed E-state index contributed by atoms with van der Waals surface area (Å²) in [6.07, 6.45) is 19.6. The van der Waals surface area contributed by atoms with Crippen molar-refractivity contribution in [1.82, 2.24) is 10.2 Å². The number of Topliss-reactive ketones (excluding diaryl/α,β-unsaturated/α-hetero) is 1. The molecule has 0 saturated heterocycles. The normalized spacial score (nSPS) is 12.9. The number of carbonyl (C=O) groups is 4. The lowest BCUT2D eigenvalue weighted by Gasteiger charge is -2.19. The van der Waals surface area contributed by atoms with Crippen LogP contribution in [-0.2, 0) is 19.2 Å². The smallest absolute Gasteiger partial charge is 0.219 e. The second kappa shape index (κ2) is 24.8. The van der Waals surface area contributed by atoms with E-state index in [9.17, 15) is 24.1 Å². The molecule has 0 saturated carbocycles. The third kappa shape index (κ3) is 21.7. The second-order valence-corrected chi connectivity index (χ2v) is 12.5. The second-order valence-electron chi connectivity index (χ2n) is 10.9. The predicted octanol–water partition coefficient (Wildman–Crippen LogP) is 6.89. The van der Waals surface area contributed by atoms with Gasteiger partial charge in [-0.15, -0.1) is 0 Å². The molecule has 0 bridgehead atoms. The summed E-state index contributed by atoms with van der Waals surface area (Å²) in [4.78, 5) is 61.0. The Morgan fingerprint density at radius 3 is 1.61 bits per heavy atom. The highest BCUT2D eigenvalue weighted by Gasteiger charge is 2.28. The fourth-order valence-electron chi connectivity index (χ4n) is 4.44. The average Bonchev–Trinajstić information content (AvgIpc) is 2.88. The highest BCUT2D eigenvalue weighted by molar-refractivity contribution is 7.84. The van der Waals surface area contributed by atoms with E-state index in [1.165, 1.54) is 77.0 Å². The highest BCUT2D eigenvalue weighted by atomic mass is 31.1. The molecule has 0 aromatic heterocycles. The molecule has 0 spiro atoms. The molecule has 0 rings (SSSR count). The molecule has 0 fully saturated rings. The van der Waals surface area contributed by atoms with Crippen molar-refractivity contribution >= 4 is 30.9 Å². The number of rotatable bonds is 27. The first kappa shape index (κ1) is 36.8. The van der Waals surface area contributed by atoms with Gasteiger partial charge in [0.25, 0.3) is 0 Å². The fourth-order valence-corrected chi connectivity index (χ4v) is 5.42. The molecule has 8 heteroatoms.